The number of nitrogens with zero attached hydrogens (tertiary/aromatic N) is 2. The van der Waals surface area contributed by atoms with Crippen molar-refractivity contribution in [3.05, 3.63) is 17.6 Å². The quantitative estimate of drug-likeness (QED) is 0.804. The third-order valence-electron chi connectivity index (χ3n) is 2.17. The standard InChI is InChI=1S/C11H18ClN3/c1-8-5-13-9(2)10(15-8)14-7-11(3,4)6-12/h5H,6-7H2,1-4H3,(H,14,15). The number of halogens is 1. The van der Waals surface area contributed by atoms with Gasteiger partial charge >= 0.3 is 0 Å². The topological polar surface area (TPSA) is 37.8 Å². The van der Waals surface area contributed by atoms with E-state index >= 15 is 0 Å². The summed E-state index contributed by atoms with van der Waals surface area (Å²) in [6.45, 7) is 8.92. The number of aromatic nitrogens is 2. The first-order valence-electron chi connectivity index (χ1n) is 5.05. The molecule has 1 aromatic rings. The summed E-state index contributed by atoms with van der Waals surface area (Å²) in [4.78, 5) is 8.64. The van der Waals surface area contributed by atoms with Gasteiger partial charge in [-0.3, -0.25) is 4.98 Å². The van der Waals surface area contributed by atoms with Gasteiger partial charge in [0.05, 0.1) is 11.4 Å². The van der Waals surface area contributed by atoms with Crippen LogP contribution in [0.1, 0.15) is 25.2 Å². The van der Waals surface area contributed by atoms with Crippen molar-refractivity contribution in [2.45, 2.75) is 27.7 Å². The maximum atomic E-state index is 5.85. The van der Waals surface area contributed by atoms with Crippen molar-refractivity contribution < 1.29 is 0 Å². The van der Waals surface area contributed by atoms with Gasteiger partial charge in [0.25, 0.3) is 0 Å². The summed E-state index contributed by atoms with van der Waals surface area (Å²) in [5.41, 5.74) is 1.91. The Morgan fingerprint density at radius 3 is 2.67 bits per heavy atom. The molecule has 0 amide bonds. The van der Waals surface area contributed by atoms with Crippen LogP contribution in [0.4, 0.5) is 5.82 Å². The molecule has 3 nitrogen and oxygen atoms in total. The predicted octanol–water partition coefficient (Wildman–Crippen LogP) is 2.77. The molecule has 0 aliphatic carbocycles. The Labute approximate surface area is 96.3 Å². The van der Waals surface area contributed by atoms with E-state index in [0.29, 0.717) is 5.88 Å². The van der Waals surface area contributed by atoms with Gasteiger partial charge in [-0.1, -0.05) is 13.8 Å². The zero-order chi connectivity index (χ0) is 11.5. The maximum absolute atomic E-state index is 5.85. The van der Waals surface area contributed by atoms with Gasteiger partial charge < -0.3 is 5.32 Å². The second-order valence-electron chi connectivity index (χ2n) is 4.60. The number of alkyl halides is 1. The summed E-state index contributed by atoms with van der Waals surface area (Å²) in [5.74, 6) is 1.48. The zero-order valence-electron chi connectivity index (χ0n) is 9.76. The molecule has 1 rings (SSSR count). The highest BCUT2D eigenvalue weighted by atomic mass is 35.5. The van der Waals surface area contributed by atoms with Gasteiger partial charge in [0.1, 0.15) is 5.82 Å². The first-order chi connectivity index (χ1) is 6.94. The van der Waals surface area contributed by atoms with Gasteiger partial charge in [0.2, 0.25) is 0 Å². The fourth-order valence-corrected chi connectivity index (χ4v) is 1.17. The van der Waals surface area contributed by atoms with Crippen molar-refractivity contribution in [3.63, 3.8) is 0 Å². The van der Waals surface area contributed by atoms with Crippen LogP contribution in [0.15, 0.2) is 6.20 Å². The van der Waals surface area contributed by atoms with Crippen molar-refractivity contribution in [1.29, 1.82) is 0 Å². The molecule has 1 aromatic heterocycles. The van der Waals surface area contributed by atoms with Crippen molar-refractivity contribution in [2.75, 3.05) is 17.7 Å². The second kappa shape index (κ2) is 4.79. The SMILES string of the molecule is Cc1cnc(C)c(NCC(C)(C)CCl)n1. The van der Waals surface area contributed by atoms with Gasteiger partial charge in [0.15, 0.2) is 0 Å². The second-order valence-corrected chi connectivity index (χ2v) is 4.86. The average Bonchev–Trinajstić information content (AvgIpc) is 2.20. The lowest BCUT2D eigenvalue weighted by Crippen LogP contribution is -2.25. The molecular formula is C11H18ClN3. The largest absolute Gasteiger partial charge is 0.368 e. The number of hydrogen-bond acceptors (Lipinski definition) is 3. The van der Waals surface area contributed by atoms with E-state index in [1.165, 1.54) is 0 Å². The minimum Gasteiger partial charge on any atom is -0.368 e. The van der Waals surface area contributed by atoms with Gasteiger partial charge in [-0.15, -0.1) is 11.6 Å². The van der Waals surface area contributed by atoms with E-state index in [0.717, 1.165) is 23.8 Å². The molecule has 0 aliphatic rings. The van der Waals surface area contributed by atoms with Gasteiger partial charge in [-0.2, -0.15) is 0 Å². The fraction of sp³-hybridized carbons (Fsp3) is 0.636. The van der Waals surface area contributed by atoms with E-state index in [1.54, 1.807) is 6.20 Å². The van der Waals surface area contributed by atoms with Crippen LogP contribution in [0.2, 0.25) is 0 Å². The van der Waals surface area contributed by atoms with Crippen LogP contribution in [-0.4, -0.2) is 22.4 Å². The zero-order valence-corrected chi connectivity index (χ0v) is 10.5. The third-order valence-corrected chi connectivity index (χ3v) is 2.90. The molecule has 15 heavy (non-hydrogen) atoms. The molecule has 0 aromatic carbocycles. The van der Waals surface area contributed by atoms with Crippen LogP contribution in [0.5, 0.6) is 0 Å². The molecule has 0 radical (unpaired) electrons. The Balaban J connectivity index is 2.69. The minimum absolute atomic E-state index is 0.0689. The molecule has 1 N–H and O–H groups in total. The normalized spacial score (nSPS) is 11.5. The average molecular weight is 228 g/mol. The number of aryl methyl sites for hydroxylation is 2. The summed E-state index contributed by atoms with van der Waals surface area (Å²) in [6.07, 6.45) is 1.77. The van der Waals surface area contributed by atoms with Crippen LogP contribution in [0.3, 0.4) is 0 Å². The number of rotatable bonds is 4. The van der Waals surface area contributed by atoms with E-state index in [4.69, 9.17) is 11.6 Å². The lowest BCUT2D eigenvalue weighted by atomic mass is 9.96. The molecule has 0 spiro atoms. The third kappa shape index (κ3) is 3.67. The Bertz CT molecular complexity index is 337. The maximum Gasteiger partial charge on any atom is 0.147 e. The van der Waals surface area contributed by atoms with E-state index in [1.807, 2.05) is 13.8 Å². The Kier molecular flexibility index (Phi) is 3.91. The highest BCUT2D eigenvalue weighted by molar-refractivity contribution is 6.18. The minimum atomic E-state index is 0.0689. The highest BCUT2D eigenvalue weighted by Gasteiger charge is 2.16. The van der Waals surface area contributed by atoms with Crippen molar-refractivity contribution in [3.8, 4) is 0 Å². The predicted molar refractivity (Wildman–Crippen MR) is 64.5 cm³/mol. The number of anilines is 1. The molecule has 0 fully saturated rings. The molecular weight excluding hydrogens is 210 g/mol. The monoisotopic (exact) mass is 227 g/mol. The summed E-state index contributed by atoms with van der Waals surface area (Å²) < 4.78 is 0. The first-order valence-corrected chi connectivity index (χ1v) is 5.58. The Morgan fingerprint density at radius 1 is 1.40 bits per heavy atom. The highest BCUT2D eigenvalue weighted by Crippen LogP contribution is 2.18. The van der Waals surface area contributed by atoms with Crippen LogP contribution in [-0.2, 0) is 0 Å². The molecule has 84 valence electrons. The fourth-order valence-electron chi connectivity index (χ4n) is 1.08. The Hall–Kier alpha value is -0.830. The van der Waals surface area contributed by atoms with E-state index in [9.17, 15) is 0 Å². The molecule has 0 saturated heterocycles. The summed E-state index contributed by atoms with van der Waals surface area (Å²) in [6, 6.07) is 0. The molecule has 0 saturated carbocycles. The van der Waals surface area contributed by atoms with Crippen molar-refractivity contribution in [1.82, 2.24) is 9.97 Å². The van der Waals surface area contributed by atoms with Gasteiger partial charge in [0, 0.05) is 18.6 Å². The van der Waals surface area contributed by atoms with E-state index in [2.05, 4.69) is 29.1 Å². The van der Waals surface area contributed by atoms with E-state index in [-0.39, 0.29) is 5.41 Å². The first kappa shape index (κ1) is 12.2. The van der Waals surface area contributed by atoms with Crippen molar-refractivity contribution in [2.24, 2.45) is 5.41 Å². The van der Waals surface area contributed by atoms with Crippen LogP contribution >= 0.6 is 11.6 Å². The van der Waals surface area contributed by atoms with E-state index < -0.39 is 0 Å². The molecule has 1 heterocycles. The summed E-state index contributed by atoms with van der Waals surface area (Å²) in [7, 11) is 0. The number of hydrogen-bond donors (Lipinski definition) is 1. The molecule has 0 atom stereocenters. The lowest BCUT2D eigenvalue weighted by Gasteiger charge is -2.22. The molecule has 0 unspecified atom stereocenters. The van der Waals surface area contributed by atoms with Crippen LogP contribution < -0.4 is 5.32 Å². The smallest absolute Gasteiger partial charge is 0.147 e. The number of nitrogens with one attached hydrogen (secondary N) is 1. The van der Waals surface area contributed by atoms with Crippen molar-refractivity contribution >= 4 is 17.4 Å². The van der Waals surface area contributed by atoms with Crippen LogP contribution in [0, 0.1) is 19.3 Å². The summed E-state index contributed by atoms with van der Waals surface area (Å²) in [5, 5.41) is 3.29. The molecule has 4 heteroatoms. The van der Waals surface area contributed by atoms with Gasteiger partial charge in [-0.25, -0.2) is 4.98 Å². The lowest BCUT2D eigenvalue weighted by molar-refractivity contribution is 0.449. The molecule has 0 aliphatic heterocycles. The molecule has 0 bridgehead atoms. The Morgan fingerprint density at radius 2 is 2.07 bits per heavy atom. The van der Waals surface area contributed by atoms with Crippen LogP contribution in [0.25, 0.3) is 0 Å². The summed E-state index contributed by atoms with van der Waals surface area (Å²) >= 11 is 5.85. The van der Waals surface area contributed by atoms with Gasteiger partial charge in [-0.05, 0) is 19.3 Å².